The van der Waals surface area contributed by atoms with E-state index >= 15 is 0 Å². The molecule has 0 spiro atoms. The van der Waals surface area contributed by atoms with E-state index in [-0.39, 0.29) is 11.9 Å². The van der Waals surface area contributed by atoms with Crippen molar-refractivity contribution in [3.8, 4) is 11.1 Å². The summed E-state index contributed by atoms with van der Waals surface area (Å²) in [7, 11) is 0. The summed E-state index contributed by atoms with van der Waals surface area (Å²) in [6, 6.07) is 19.1. The number of rotatable bonds is 3. The normalized spacial score (nSPS) is 11.1. The maximum absolute atomic E-state index is 12.8. The highest BCUT2D eigenvalue weighted by Gasteiger charge is 2.12. The number of amides is 1. The molecule has 4 N–H and O–H groups in total. The van der Waals surface area contributed by atoms with Crippen molar-refractivity contribution in [3.05, 3.63) is 78.0 Å². The van der Waals surface area contributed by atoms with Crippen LogP contribution in [-0.4, -0.2) is 25.8 Å². The third-order valence-electron chi connectivity index (χ3n) is 5.03. The van der Waals surface area contributed by atoms with Gasteiger partial charge in [0.25, 0.3) is 5.91 Å². The molecule has 5 aromatic rings. The Kier molecular flexibility index (Phi) is 4.14. The molecule has 0 aliphatic heterocycles. The van der Waals surface area contributed by atoms with Crippen LogP contribution in [-0.2, 0) is 0 Å². The lowest BCUT2D eigenvalue weighted by atomic mass is 9.97. The molecule has 3 aromatic carbocycles. The number of aromatic amines is 1. The number of nitrogens with two attached hydrogens (primary N) is 1. The molecule has 0 saturated carbocycles. The second-order valence-electron chi connectivity index (χ2n) is 7.09. The summed E-state index contributed by atoms with van der Waals surface area (Å²) < 4.78 is 0. The number of carbonyl (C=O) groups excluding carboxylic acids is 1. The monoisotopic (exact) mass is 394 g/mol. The summed E-state index contributed by atoms with van der Waals surface area (Å²) in [6.07, 6.45) is 1.70. The third-order valence-corrected chi connectivity index (χ3v) is 5.03. The second kappa shape index (κ2) is 6.97. The number of anilines is 2. The molecular weight excluding hydrogens is 376 g/mol. The van der Waals surface area contributed by atoms with Crippen LogP contribution >= 0.6 is 0 Å². The Bertz CT molecular complexity index is 1390. The van der Waals surface area contributed by atoms with Crippen molar-refractivity contribution in [1.29, 1.82) is 0 Å². The van der Waals surface area contributed by atoms with Gasteiger partial charge in [-0.1, -0.05) is 24.3 Å². The number of aromatic nitrogens is 4. The van der Waals surface area contributed by atoms with Crippen LogP contribution in [0.15, 0.2) is 66.9 Å². The van der Waals surface area contributed by atoms with Crippen LogP contribution in [0, 0.1) is 6.92 Å². The number of benzene rings is 3. The highest BCUT2D eigenvalue weighted by molar-refractivity contribution is 6.05. The van der Waals surface area contributed by atoms with Gasteiger partial charge in [0, 0.05) is 17.1 Å². The van der Waals surface area contributed by atoms with Gasteiger partial charge in [0.2, 0.25) is 11.9 Å². The van der Waals surface area contributed by atoms with Gasteiger partial charge in [0.15, 0.2) is 0 Å². The molecule has 30 heavy (non-hydrogen) atoms. The predicted octanol–water partition coefficient (Wildman–Crippen LogP) is 4.32. The van der Waals surface area contributed by atoms with Gasteiger partial charge in [0.05, 0.1) is 16.6 Å². The van der Waals surface area contributed by atoms with Gasteiger partial charge in [-0.3, -0.25) is 10.1 Å². The number of carbonyl (C=O) groups is 1. The minimum atomic E-state index is -0.229. The molecule has 0 saturated heterocycles. The van der Waals surface area contributed by atoms with Gasteiger partial charge in [-0.2, -0.15) is 0 Å². The van der Waals surface area contributed by atoms with Crippen LogP contribution in [0.5, 0.6) is 0 Å². The first-order valence-corrected chi connectivity index (χ1v) is 9.46. The number of nitrogen functional groups attached to an aromatic ring is 1. The summed E-state index contributed by atoms with van der Waals surface area (Å²) in [5.74, 6) is 0.437. The zero-order valence-electron chi connectivity index (χ0n) is 16.2. The molecule has 0 aliphatic carbocycles. The highest BCUT2D eigenvalue weighted by Crippen LogP contribution is 2.28. The van der Waals surface area contributed by atoms with Gasteiger partial charge in [0.1, 0.15) is 0 Å². The Morgan fingerprint density at radius 2 is 1.87 bits per heavy atom. The first-order chi connectivity index (χ1) is 14.6. The van der Waals surface area contributed by atoms with E-state index in [1.54, 1.807) is 6.20 Å². The van der Waals surface area contributed by atoms with Crippen molar-refractivity contribution >= 4 is 39.7 Å². The SMILES string of the molecule is Cc1ccc(C(=O)Nc2nc3ccccc3[nH]2)cc1-c1ccc2nc(N)ncc2c1. The quantitative estimate of drug-likeness (QED) is 0.422. The Morgan fingerprint density at radius 1 is 1.00 bits per heavy atom. The fourth-order valence-electron chi connectivity index (χ4n) is 3.48. The number of hydrogen-bond donors (Lipinski definition) is 3. The average molecular weight is 394 g/mol. The fourth-order valence-corrected chi connectivity index (χ4v) is 3.48. The van der Waals surface area contributed by atoms with E-state index in [0.29, 0.717) is 11.5 Å². The van der Waals surface area contributed by atoms with Gasteiger partial charge in [-0.05, 0) is 60.0 Å². The first-order valence-electron chi connectivity index (χ1n) is 9.46. The number of para-hydroxylation sites is 2. The molecule has 2 aromatic heterocycles. The van der Waals surface area contributed by atoms with Crippen LogP contribution in [0.1, 0.15) is 15.9 Å². The minimum absolute atomic E-state index is 0.229. The molecule has 0 aliphatic rings. The molecule has 0 atom stereocenters. The van der Waals surface area contributed by atoms with Crippen LogP contribution in [0.4, 0.5) is 11.9 Å². The Hall–Kier alpha value is -4.26. The summed E-state index contributed by atoms with van der Waals surface area (Å²) in [4.78, 5) is 28.7. The standard InChI is InChI=1S/C23H18N6O/c1-13-6-7-15(21(30)29-23-27-19-4-2-3-5-20(19)28-23)11-17(13)14-8-9-18-16(10-14)12-25-22(24)26-18/h2-12H,1H3,(H2,24,25,26)(H2,27,28,29,30). The van der Waals surface area contributed by atoms with E-state index in [4.69, 9.17) is 5.73 Å². The number of H-pyrrole nitrogens is 1. The van der Waals surface area contributed by atoms with Crippen molar-refractivity contribution < 1.29 is 4.79 Å². The fraction of sp³-hybridized carbons (Fsp3) is 0.0435. The lowest BCUT2D eigenvalue weighted by Crippen LogP contribution is -2.13. The lowest BCUT2D eigenvalue weighted by molar-refractivity contribution is 0.102. The van der Waals surface area contributed by atoms with Crippen molar-refractivity contribution in [1.82, 2.24) is 19.9 Å². The van der Waals surface area contributed by atoms with Crippen LogP contribution < -0.4 is 11.1 Å². The molecule has 7 nitrogen and oxygen atoms in total. The number of aryl methyl sites for hydroxylation is 1. The maximum Gasteiger partial charge on any atom is 0.257 e. The molecule has 0 radical (unpaired) electrons. The van der Waals surface area contributed by atoms with Crippen LogP contribution in [0.2, 0.25) is 0 Å². The van der Waals surface area contributed by atoms with E-state index in [1.807, 2.05) is 67.6 Å². The molecule has 1 amide bonds. The molecular formula is C23H18N6O. The number of nitrogens with one attached hydrogen (secondary N) is 2. The summed E-state index contributed by atoms with van der Waals surface area (Å²) in [5, 5.41) is 3.73. The van der Waals surface area contributed by atoms with Crippen molar-refractivity contribution in [2.45, 2.75) is 6.92 Å². The average Bonchev–Trinajstić information content (AvgIpc) is 3.16. The van der Waals surface area contributed by atoms with Crippen LogP contribution in [0.3, 0.4) is 0 Å². The first kappa shape index (κ1) is 17.8. The maximum atomic E-state index is 12.8. The van der Waals surface area contributed by atoms with E-state index in [2.05, 4.69) is 25.3 Å². The minimum Gasteiger partial charge on any atom is -0.368 e. The Labute approximate surface area is 172 Å². The Balaban J connectivity index is 1.48. The van der Waals surface area contributed by atoms with Gasteiger partial charge in [-0.15, -0.1) is 0 Å². The van der Waals surface area contributed by atoms with Crippen LogP contribution in [0.25, 0.3) is 33.1 Å². The number of fused-ring (bicyclic) bond motifs is 2. The summed E-state index contributed by atoms with van der Waals surface area (Å²) in [6.45, 7) is 2.01. The van der Waals surface area contributed by atoms with Gasteiger partial charge < -0.3 is 10.7 Å². The van der Waals surface area contributed by atoms with Crippen molar-refractivity contribution in [2.75, 3.05) is 11.1 Å². The summed E-state index contributed by atoms with van der Waals surface area (Å²) in [5.41, 5.74) is 11.7. The topological polar surface area (TPSA) is 110 Å². The largest absolute Gasteiger partial charge is 0.368 e. The molecule has 0 unspecified atom stereocenters. The smallest absolute Gasteiger partial charge is 0.257 e. The van der Waals surface area contributed by atoms with Gasteiger partial charge in [-0.25, -0.2) is 15.0 Å². The van der Waals surface area contributed by atoms with Gasteiger partial charge >= 0.3 is 0 Å². The van der Waals surface area contributed by atoms with E-state index in [0.717, 1.165) is 38.6 Å². The zero-order valence-corrected chi connectivity index (χ0v) is 16.2. The number of imidazole rings is 1. The number of nitrogens with zero attached hydrogens (tertiary/aromatic N) is 3. The molecule has 5 rings (SSSR count). The predicted molar refractivity (Wildman–Crippen MR) is 118 cm³/mol. The number of hydrogen-bond acceptors (Lipinski definition) is 5. The van der Waals surface area contributed by atoms with E-state index < -0.39 is 0 Å². The van der Waals surface area contributed by atoms with Crippen molar-refractivity contribution in [3.63, 3.8) is 0 Å². The molecule has 7 heteroatoms. The Morgan fingerprint density at radius 3 is 2.73 bits per heavy atom. The lowest BCUT2D eigenvalue weighted by Gasteiger charge is -2.10. The molecule has 0 bridgehead atoms. The van der Waals surface area contributed by atoms with Crippen molar-refractivity contribution in [2.24, 2.45) is 0 Å². The zero-order chi connectivity index (χ0) is 20.7. The third kappa shape index (κ3) is 3.22. The molecule has 146 valence electrons. The highest BCUT2D eigenvalue weighted by atomic mass is 16.1. The summed E-state index contributed by atoms with van der Waals surface area (Å²) >= 11 is 0. The van der Waals surface area contributed by atoms with E-state index in [9.17, 15) is 4.79 Å². The van der Waals surface area contributed by atoms with E-state index in [1.165, 1.54) is 0 Å². The molecule has 0 fully saturated rings. The molecule has 2 heterocycles. The second-order valence-corrected chi connectivity index (χ2v) is 7.09.